The molecule has 0 saturated carbocycles. The molecule has 0 aliphatic rings. The van der Waals surface area contributed by atoms with Crippen molar-refractivity contribution in [2.45, 2.75) is 0 Å². The second-order valence-corrected chi connectivity index (χ2v) is 76.4. The minimum absolute atomic E-state index is 0.875. The van der Waals surface area contributed by atoms with E-state index < -0.39 is 0 Å². The Balaban J connectivity index is 6.05. The summed E-state index contributed by atoms with van der Waals surface area (Å²) >= 11 is 4.81. The van der Waals surface area contributed by atoms with Crippen molar-refractivity contribution in [1.29, 1.82) is 0 Å². The molecule has 0 heterocycles. The van der Waals surface area contributed by atoms with Gasteiger partial charge in [-0.05, 0) is 0 Å². The van der Waals surface area contributed by atoms with E-state index in [9.17, 15) is 0 Å². The van der Waals surface area contributed by atoms with Crippen LogP contribution in [0.25, 0.3) is 0 Å². The molecular weight excluding hydrogens is 1390 g/mol. The van der Waals surface area contributed by atoms with Crippen LogP contribution < -0.4 is 0 Å². The fourth-order valence-corrected chi connectivity index (χ4v) is 109. The number of hydrogen-bond acceptors (Lipinski definition) is 2. The van der Waals surface area contributed by atoms with Gasteiger partial charge < -0.3 is 0 Å². The molecule has 0 atom stereocenters. The van der Waals surface area contributed by atoms with Crippen LogP contribution in [0.3, 0.4) is 0 Å². The molecule has 0 aromatic heterocycles. The van der Waals surface area contributed by atoms with E-state index in [1.165, 1.54) is 8.88 Å². The average Bonchev–Trinajstić information content (AvgIpc) is 3.04. The molecule has 0 saturated heterocycles. The topological polar surface area (TPSA) is 0 Å². The minimum Gasteiger partial charge on any atom is 0 e. The van der Waals surface area contributed by atoms with Crippen molar-refractivity contribution in [1.82, 2.24) is 0 Å². The van der Waals surface area contributed by atoms with Gasteiger partial charge in [0.2, 0.25) is 0 Å². The van der Waals surface area contributed by atoms with Crippen LogP contribution in [0.1, 0.15) is 0 Å². The first-order valence-electron chi connectivity index (χ1n) is 7.27. The quantitative estimate of drug-likeness (QED) is 0.175. The third-order valence-corrected chi connectivity index (χ3v) is 91.4. The Kier molecular flexibility index (Phi) is 64.2. The summed E-state index contributed by atoms with van der Waals surface area (Å²) in [7, 11) is 74.2. The first-order chi connectivity index (χ1) is 21.9. The van der Waals surface area contributed by atoms with E-state index in [1.807, 2.05) is 249 Å². The molecule has 0 rings (SSSR count). The number of thiol groups is 1. The van der Waals surface area contributed by atoms with Crippen LogP contribution in [0.5, 0.6) is 0 Å². The first-order valence-corrected chi connectivity index (χ1v) is 63.9. The summed E-state index contributed by atoms with van der Waals surface area (Å²) in [6.45, 7) is 5.40. The smallest absolute Gasteiger partial charge is 0 e. The molecule has 0 aromatic carbocycles. The molecule has 0 spiro atoms. The first kappa shape index (κ1) is 53.7. The van der Waals surface area contributed by atoms with Crippen LogP contribution in [-0.2, 0) is 385 Å². The standard InChI is InChI=1S/BHS43/c1-3-5-7-9-11-13-15-17-19-21-23-25-27-29-31-33-35-37-39-41-43-44-42-40-38-36-34-32-30-28-26-24-22-20-18-16-14-12-10-8-6-4-2/h3H/q-1. The Hall–Kier alpha value is 9.65. The summed E-state index contributed by atoms with van der Waals surface area (Å²) < 4.78 is 0. The molecule has 0 unspecified atom stereocenters. The number of hydrogen-bond donors (Lipinski definition) is 0. The average molecular weight is 1390 g/mol. The van der Waals surface area contributed by atoms with Gasteiger partial charge in [0.05, 0.1) is 0 Å². The van der Waals surface area contributed by atoms with Gasteiger partial charge in [-0.25, -0.2) is 0 Å². The molecule has 44 heavy (non-hydrogen) atoms. The molecule has 0 aliphatic carbocycles. The van der Waals surface area contributed by atoms with Gasteiger partial charge in [0.15, 0.2) is 0 Å². The summed E-state index contributed by atoms with van der Waals surface area (Å²) in [6, 6.07) is 0. The predicted molar refractivity (Wildman–Crippen MR) is 324 cm³/mol. The van der Waals surface area contributed by atoms with Crippen molar-refractivity contribution in [3.05, 3.63) is 0 Å². The van der Waals surface area contributed by atoms with Crippen molar-refractivity contribution < 1.29 is 0 Å². The van der Waals surface area contributed by atoms with E-state index in [0.717, 1.165) is 9.75 Å². The molecule has 0 amide bonds. The Morgan fingerprint density at radius 2 is 0.364 bits per heavy atom. The molecule has 0 nitrogen and oxygen atoms in total. The zero-order chi connectivity index (χ0) is 31.7. The van der Waals surface area contributed by atoms with Crippen molar-refractivity contribution in [2.75, 3.05) is 0 Å². The summed E-state index contributed by atoms with van der Waals surface area (Å²) in [5, 5.41) is 0. The van der Waals surface area contributed by atoms with Gasteiger partial charge in [-0.2, -0.15) is 0 Å². The molecule has 263 valence electrons. The van der Waals surface area contributed by atoms with Crippen LogP contribution in [-0.4, -0.2) is 6.72 Å². The van der Waals surface area contributed by atoms with Crippen LogP contribution in [0.4, 0.5) is 0 Å². The maximum absolute atomic E-state index is 5.40. The van der Waals surface area contributed by atoms with Crippen LogP contribution >= 0.6 is 0 Å². The second kappa shape index (κ2) is 52.7. The van der Waals surface area contributed by atoms with Gasteiger partial charge in [0, 0.05) is 278 Å². The Morgan fingerprint density at radius 1 is 0.227 bits per heavy atom. The van der Waals surface area contributed by atoms with Crippen molar-refractivity contribution in [3.8, 4) is 0 Å². The zero-order valence-electron chi connectivity index (χ0n) is 18.2. The van der Waals surface area contributed by atoms with Gasteiger partial charge in [-0.3, -0.25) is 0 Å². The Bertz CT molecular complexity index is 2720. The van der Waals surface area contributed by atoms with Gasteiger partial charge >= 0.3 is 114 Å². The van der Waals surface area contributed by atoms with Gasteiger partial charge in [0.1, 0.15) is 0 Å². The number of rotatable bonds is 0. The van der Waals surface area contributed by atoms with E-state index in [2.05, 4.69) is 0 Å². The monoisotopic (exact) mass is 1390 g/mol. The molecule has 0 aromatic rings. The normalized spacial score (nSPS) is 7.80. The summed E-state index contributed by atoms with van der Waals surface area (Å²) in [6.07, 6.45) is 0. The van der Waals surface area contributed by atoms with E-state index >= 15 is 0 Å². The van der Waals surface area contributed by atoms with E-state index in [1.54, 1.807) is 107 Å². The van der Waals surface area contributed by atoms with E-state index in [4.69, 9.17) is 17.9 Å². The van der Waals surface area contributed by atoms with E-state index in [-0.39, 0.29) is 0 Å². The van der Waals surface area contributed by atoms with Crippen LogP contribution in [0.2, 0.25) is 0 Å². The molecular formula is HBS43-. The third kappa shape index (κ3) is 51.7. The maximum atomic E-state index is 5.40. The Morgan fingerprint density at radius 3 is 0.500 bits per heavy atom. The minimum atomic E-state index is 0.875. The molecule has 0 fully saturated rings. The molecule has 44 heteroatoms. The fraction of sp³-hybridized carbons (Fsp3) is 0. The van der Waals surface area contributed by atoms with Crippen molar-refractivity contribution in [3.63, 3.8) is 0 Å². The summed E-state index contributed by atoms with van der Waals surface area (Å²) in [4.78, 5) is 0. The van der Waals surface area contributed by atoms with Crippen LogP contribution in [0, 0.1) is 0 Å². The van der Waals surface area contributed by atoms with Gasteiger partial charge in [0.25, 0.3) is 0 Å². The van der Waals surface area contributed by atoms with Gasteiger partial charge in [-0.1, -0.05) is 0 Å². The predicted octanol–water partition coefficient (Wildman–Crippen LogP) is -0.752. The second-order valence-electron chi connectivity index (χ2n) is 2.90. The summed E-state index contributed by atoms with van der Waals surface area (Å²) in [5.74, 6) is 0. The van der Waals surface area contributed by atoms with Crippen molar-refractivity contribution in [2.24, 2.45) is 0 Å². The molecule has 0 bridgehead atoms. The van der Waals surface area contributed by atoms with E-state index in [0.29, 0.717) is 0 Å². The van der Waals surface area contributed by atoms with Crippen molar-refractivity contribution >= 4 is 392 Å². The fourth-order valence-electron chi connectivity index (χ4n) is 0.461. The van der Waals surface area contributed by atoms with Crippen LogP contribution in [0.15, 0.2) is 0 Å². The Labute approximate surface area is 380 Å². The van der Waals surface area contributed by atoms with Gasteiger partial charge in [-0.15, -0.1) is 0 Å². The zero-order valence-corrected chi connectivity index (χ0v) is 53.4. The third-order valence-electron chi connectivity index (χ3n) is 1.16. The molecule has 0 N–H and O–H groups in total. The molecule has 0 aliphatic heterocycles. The SMILES string of the molecule is [B]=[SH-]=S=S=S=S=S=S=S=S=S=S=S=S=S=S=S=S=S=S=S=S=S=S=S=S=S=S=S=S=S=S=S=S=S=S=S=S=S=S=S=S=S=S. The summed E-state index contributed by atoms with van der Waals surface area (Å²) in [5.41, 5.74) is 0. The molecule has 1 radical (unpaired) electrons.